The van der Waals surface area contributed by atoms with Crippen molar-refractivity contribution in [3.63, 3.8) is 0 Å². The minimum Gasteiger partial charge on any atom is -0.303 e. The molecule has 1 rings (SSSR count). The number of aldehydes is 1. The molecule has 0 spiro atoms. The molecule has 0 fully saturated rings. The molecule has 0 N–H and O–H groups in total. The maximum absolute atomic E-state index is 10.3. The Hall–Kier alpha value is -1.37. The molecule has 1 aromatic carbocycles. The predicted octanol–water partition coefficient (Wildman–Crippen LogP) is 3.77. The van der Waals surface area contributed by atoms with E-state index in [9.17, 15) is 4.79 Å². The Bertz CT molecular complexity index is 357. The second kappa shape index (κ2) is 5.50. The van der Waals surface area contributed by atoms with E-state index in [1.54, 1.807) is 0 Å². The van der Waals surface area contributed by atoms with Gasteiger partial charge in [0.2, 0.25) is 0 Å². The second-order valence-corrected chi connectivity index (χ2v) is 3.98. The fraction of sp³-hybridized carbons (Fsp3) is 0.357. The minimum absolute atomic E-state index is 0.620. The van der Waals surface area contributed by atoms with Crippen molar-refractivity contribution >= 4 is 11.9 Å². The standard InChI is InChI=1S/C14H18O/c1-11-6-8-14(9-7-11)13(3)12(2)5-4-10-15/h6-10H,4-5H2,1-3H3/b13-12-. The number of hydrogen-bond donors (Lipinski definition) is 0. The van der Waals surface area contributed by atoms with Gasteiger partial charge >= 0.3 is 0 Å². The smallest absolute Gasteiger partial charge is 0.120 e. The largest absolute Gasteiger partial charge is 0.303 e. The molecule has 0 atom stereocenters. The summed E-state index contributed by atoms with van der Waals surface area (Å²) in [5.74, 6) is 0. The van der Waals surface area contributed by atoms with E-state index >= 15 is 0 Å². The SMILES string of the molecule is C/C(CCC=O)=C(\C)c1ccc(C)cc1. The first kappa shape index (κ1) is 11.7. The normalized spacial score (nSPS) is 12.2. The number of allylic oxidation sites excluding steroid dienone is 2. The lowest BCUT2D eigenvalue weighted by atomic mass is 9.99. The summed E-state index contributed by atoms with van der Waals surface area (Å²) in [5.41, 5.74) is 5.11. The van der Waals surface area contributed by atoms with Gasteiger partial charge in [0.25, 0.3) is 0 Å². The van der Waals surface area contributed by atoms with Crippen LogP contribution in [-0.4, -0.2) is 6.29 Å². The Kier molecular flexibility index (Phi) is 4.29. The van der Waals surface area contributed by atoms with Crippen molar-refractivity contribution in [2.75, 3.05) is 0 Å². The van der Waals surface area contributed by atoms with Crippen molar-refractivity contribution in [1.82, 2.24) is 0 Å². The Balaban J connectivity index is 2.86. The van der Waals surface area contributed by atoms with Gasteiger partial charge in [0, 0.05) is 6.42 Å². The van der Waals surface area contributed by atoms with Gasteiger partial charge in [0.15, 0.2) is 0 Å². The number of carbonyl (C=O) groups is 1. The van der Waals surface area contributed by atoms with Gasteiger partial charge < -0.3 is 4.79 Å². The highest BCUT2D eigenvalue weighted by Crippen LogP contribution is 2.20. The molecule has 0 saturated carbocycles. The maximum atomic E-state index is 10.3. The van der Waals surface area contributed by atoms with E-state index in [4.69, 9.17) is 0 Å². The highest BCUT2D eigenvalue weighted by molar-refractivity contribution is 5.67. The average Bonchev–Trinajstić information content (AvgIpc) is 2.26. The van der Waals surface area contributed by atoms with Crippen LogP contribution in [0.3, 0.4) is 0 Å². The van der Waals surface area contributed by atoms with Crippen LogP contribution < -0.4 is 0 Å². The lowest BCUT2D eigenvalue weighted by Crippen LogP contribution is -1.87. The minimum atomic E-state index is 0.620. The molecule has 0 heterocycles. The predicted molar refractivity (Wildman–Crippen MR) is 64.7 cm³/mol. The first-order valence-electron chi connectivity index (χ1n) is 5.32. The maximum Gasteiger partial charge on any atom is 0.120 e. The van der Waals surface area contributed by atoms with E-state index < -0.39 is 0 Å². The van der Waals surface area contributed by atoms with Crippen molar-refractivity contribution in [2.45, 2.75) is 33.6 Å². The second-order valence-electron chi connectivity index (χ2n) is 3.98. The third-order valence-electron chi connectivity index (χ3n) is 2.76. The van der Waals surface area contributed by atoms with Gasteiger partial charge in [-0.3, -0.25) is 0 Å². The number of benzene rings is 1. The number of aryl methyl sites for hydroxylation is 1. The quantitative estimate of drug-likeness (QED) is 0.679. The summed E-state index contributed by atoms with van der Waals surface area (Å²) in [4.78, 5) is 10.3. The number of carbonyl (C=O) groups excluding carboxylic acids is 1. The highest BCUT2D eigenvalue weighted by Gasteiger charge is 2.00. The van der Waals surface area contributed by atoms with E-state index in [-0.39, 0.29) is 0 Å². The van der Waals surface area contributed by atoms with Crippen molar-refractivity contribution in [3.05, 3.63) is 41.0 Å². The number of hydrogen-bond acceptors (Lipinski definition) is 1. The zero-order chi connectivity index (χ0) is 11.3. The molecule has 1 aromatic rings. The molecule has 0 aromatic heterocycles. The monoisotopic (exact) mass is 202 g/mol. The molecule has 0 saturated heterocycles. The van der Waals surface area contributed by atoms with Crippen molar-refractivity contribution in [1.29, 1.82) is 0 Å². The first-order chi connectivity index (χ1) is 7.15. The fourth-order valence-corrected chi connectivity index (χ4v) is 1.51. The number of rotatable bonds is 4. The van der Waals surface area contributed by atoms with Gasteiger partial charge in [-0.05, 0) is 38.3 Å². The Labute approximate surface area is 91.8 Å². The zero-order valence-electron chi connectivity index (χ0n) is 9.71. The topological polar surface area (TPSA) is 17.1 Å². The van der Waals surface area contributed by atoms with Crippen LogP contribution in [0.2, 0.25) is 0 Å². The van der Waals surface area contributed by atoms with E-state index in [0.29, 0.717) is 6.42 Å². The molecular formula is C14H18O. The summed E-state index contributed by atoms with van der Waals surface area (Å²) in [7, 11) is 0. The summed E-state index contributed by atoms with van der Waals surface area (Å²) in [6, 6.07) is 8.50. The van der Waals surface area contributed by atoms with Crippen LogP contribution in [-0.2, 0) is 4.79 Å². The lowest BCUT2D eigenvalue weighted by Gasteiger charge is -2.07. The zero-order valence-corrected chi connectivity index (χ0v) is 9.71. The lowest BCUT2D eigenvalue weighted by molar-refractivity contribution is -0.107. The summed E-state index contributed by atoms with van der Waals surface area (Å²) in [5, 5.41) is 0. The van der Waals surface area contributed by atoms with Crippen LogP contribution in [0.4, 0.5) is 0 Å². The van der Waals surface area contributed by atoms with Crippen LogP contribution in [0.1, 0.15) is 37.8 Å². The van der Waals surface area contributed by atoms with E-state index in [0.717, 1.165) is 12.7 Å². The molecule has 15 heavy (non-hydrogen) atoms. The highest BCUT2D eigenvalue weighted by atomic mass is 16.1. The molecule has 0 aliphatic heterocycles. The van der Waals surface area contributed by atoms with Crippen molar-refractivity contribution < 1.29 is 4.79 Å². The van der Waals surface area contributed by atoms with Crippen LogP contribution in [0.5, 0.6) is 0 Å². The molecule has 80 valence electrons. The van der Waals surface area contributed by atoms with Crippen molar-refractivity contribution in [2.24, 2.45) is 0 Å². The van der Waals surface area contributed by atoms with E-state index in [1.807, 2.05) is 0 Å². The Morgan fingerprint density at radius 1 is 1.20 bits per heavy atom. The van der Waals surface area contributed by atoms with Crippen LogP contribution >= 0.6 is 0 Å². The van der Waals surface area contributed by atoms with E-state index in [1.165, 1.54) is 22.3 Å². The molecule has 0 amide bonds. The van der Waals surface area contributed by atoms with Gasteiger partial charge in [-0.15, -0.1) is 0 Å². The molecule has 0 aliphatic carbocycles. The molecule has 0 unspecified atom stereocenters. The third kappa shape index (κ3) is 3.35. The first-order valence-corrected chi connectivity index (χ1v) is 5.32. The van der Waals surface area contributed by atoms with Gasteiger partial charge in [0.05, 0.1) is 0 Å². The Morgan fingerprint density at radius 3 is 2.33 bits per heavy atom. The van der Waals surface area contributed by atoms with Gasteiger partial charge in [-0.1, -0.05) is 35.4 Å². The summed E-state index contributed by atoms with van der Waals surface area (Å²) >= 11 is 0. The fourth-order valence-electron chi connectivity index (χ4n) is 1.51. The molecule has 0 bridgehead atoms. The molecular weight excluding hydrogens is 184 g/mol. The molecule has 1 heteroatoms. The van der Waals surface area contributed by atoms with Crippen LogP contribution in [0.25, 0.3) is 5.57 Å². The average molecular weight is 202 g/mol. The summed E-state index contributed by atoms with van der Waals surface area (Å²) < 4.78 is 0. The van der Waals surface area contributed by atoms with E-state index in [2.05, 4.69) is 45.0 Å². The summed E-state index contributed by atoms with van der Waals surface area (Å²) in [6.07, 6.45) is 2.46. The van der Waals surface area contributed by atoms with Crippen molar-refractivity contribution in [3.8, 4) is 0 Å². The third-order valence-corrected chi connectivity index (χ3v) is 2.76. The molecule has 0 radical (unpaired) electrons. The molecule has 0 aliphatic rings. The summed E-state index contributed by atoms with van der Waals surface area (Å²) in [6.45, 7) is 6.30. The van der Waals surface area contributed by atoms with Gasteiger partial charge in [0.1, 0.15) is 6.29 Å². The molecule has 1 nitrogen and oxygen atoms in total. The Morgan fingerprint density at radius 2 is 1.80 bits per heavy atom. The van der Waals surface area contributed by atoms with Gasteiger partial charge in [-0.25, -0.2) is 0 Å². The van der Waals surface area contributed by atoms with Gasteiger partial charge in [-0.2, -0.15) is 0 Å². The van der Waals surface area contributed by atoms with Crippen LogP contribution in [0.15, 0.2) is 29.8 Å². The van der Waals surface area contributed by atoms with Crippen LogP contribution in [0, 0.1) is 6.92 Å².